The Morgan fingerprint density at radius 2 is 1.80 bits per heavy atom. The summed E-state index contributed by atoms with van der Waals surface area (Å²) in [6, 6.07) is 10.1. The fraction of sp³-hybridized carbons (Fsp3) is 0.545. The number of nitrogens with one attached hydrogen (secondary N) is 1. The number of hydrogen-bond acceptors (Lipinski definition) is 4. The number of carbonyl (C=O) groups excluding carboxylic acids is 1. The van der Waals surface area contributed by atoms with Crippen LogP contribution >= 0.6 is 0 Å². The highest BCUT2D eigenvalue weighted by Gasteiger charge is 2.31. The summed E-state index contributed by atoms with van der Waals surface area (Å²) in [5.41, 5.74) is 2.28. The van der Waals surface area contributed by atoms with E-state index in [2.05, 4.69) is 29.5 Å². The van der Waals surface area contributed by atoms with Crippen LogP contribution in [0.5, 0.6) is 0 Å². The molecule has 1 atom stereocenters. The predicted molar refractivity (Wildman–Crippen MR) is 117 cm³/mol. The van der Waals surface area contributed by atoms with Crippen molar-refractivity contribution in [1.29, 1.82) is 0 Å². The minimum Gasteiger partial charge on any atom is -0.355 e. The maximum Gasteiger partial charge on any atom is 0.246 e. The highest BCUT2D eigenvalue weighted by molar-refractivity contribution is 7.89. The summed E-state index contributed by atoms with van der Waals surface area (Å²) in [4.78, 5) is 12.6. The number of piperidine rings is 1. The Morgan fingerprint density at radius 1 is 1.13 bits per heavy atom. The lowest BCUT2D eigenvalue weighted by molar-refractivity contribution is -0.121. The molecule has 0 saturated carbocycles. The summed E-state index contributed by atoms with van der Waals surface area (Å²) in [6.07, 6.45) is 3.12. The highest BCUT2D eigenvalue weighted by Crippen LogP contribution is 2.26. The number of aryl methyl sites for hydroxylation is 2. The first-order valence-corrected chi connectivity index (χ1v) is 12.1. The Labute approximate surface area is 179 Å². The van der Waals surface area contributed by atoms with Gasteiger partial charge in [-0.05, 0) is 38.2 Å². The molecule has 164 valence electrons. The van der Waals surface area contributed by atoms with Gasteiger partial charge in [-0.1, -0.05) is 43.7 Å². The Balaban J connectivity index is 1.59. The van der Waals surface area contributed by atoms with Gasteiger partial charge < -0.3 is 5.32 Å². The minimum absolute atomic E-state index is 0.0641. The number of aromatic nitrogens is 2. The van der Waals surface area contributed by atoms with E-state index in [4.69, 9.17) is 0 Å². The maximum absolute atomic E-state index is 13.1. The van der Waals surface area contributed by atoms with E-state index in [1.54, 1.807) is 22.8 Å². The zero-order valence-electron chi connectivity index (χ0n) is 18.1. The Bertz CT molecular complexity index is 964. The van der Waals surface area contributed by atoms with Gasteiger partial charge in [-0.2, -0.15) is 9.40 Å². The van der Waals surface area contributed by atoms with Gasteiger partial charge in [-0.3, -0.25) is 9.48 Å². The molecular formula is C22H32N4O3S. The van der Waals surface area contributed by atoms with Crippen molar-refractivity contribution in [3.8, 4) is 0 Å². The molecule has 1 N–H and O–H groups in total. The first-order chi connectivity index (χ1) is 14.3. The number of amides is 1. The van der Waals surface area contributed by atoms with Crippen molar-refractivity contribution in [3.63, 3.8) is 0 Å². The number of carbonyl (C=O) groups is 1. The summed E-state index contributed by atoms with van der Waals surface area (Å²) in [6.45, 7) is 7.62. The van der Waals surface area contributed by atoms with Gasteiger partial charge >= 0.3 is 0 Å². The van der Waals surface area contributed by atoms with Crippen LogP contribution in [-0.4, -0.2) is 48.0 Å². The van der Waals surface area contributed by atoms with Gasteiger partial charge in [-0.15, -0.1) is 0 Å². The van der Waals surface area contributed by atoms with Crippen molar-refractivity contribution < 1.29 is 13.2 Å². The molecule has 0 unspecified atom stereocenters. The molecule has 1 fully saturated rings. The molecule has 0 bridgehead atoms. The third-order valence-electron chi connectivity index (χ3n) is 5.75. The Hall–Kier alpha value is -2.19. The number of hydrogen-bond donors (Lipinski definition) is 1. The van der Waals surface area contributed by atoms with Gasteiger partial charge in [0.1, 0.15) is 4.90 Å². The van der Waals surface area contributed by atoms with Gasteiger partial charge in [0.25, 0.3) is 0 Å². The SMILES string of the molecule is Cc1nn(CCC(=O)NC[C@H](C)c2ccccc2)c(C)c1S(=O)(=O)N1CCCCC1. The zero-order valence-corrected chi connectivity index (χ0v) is 18.9. The molecule has 0 spiro atoms. The quantitative estimate of drug-likeness (QED) is 0.695. The van der Waals surface area contributed by atoms with Gasteiger partial charge in [-0.25, -0.2) is 8.42 Å². The predicted octanol–water partition coefficient (Wildman–Crippen LogP) is 2.98. The van der Waals surface area contributed by atoms with Gasteiger partial charge in [0.05, 0.1) is 17.9 Å². The van der Waals surface area contributed by atoms with E-state index < -0.39 is 10.0 Å². The van der Waals surface area contributed by atoms with E-state index in [1.807, 2.05) is 18.2 Å². The van der Waals surface area contributed by atoms with E-state index in [9.17, 15) is 13.2 Å². The lowest BCUT2D eigenvalue weighted by Crippen LogP contribution is -2.36. The van der Waals surface area contributed by atoms with Crippen molar-refractivity contribution in [2.24, 2.45) is 0 Å². The van der Waals surface area contributed by atoms with Crippen LogP contribution in [-0.2, 0) is 21.4 Å². The number of rotatable bonds is 8. The minimum atomic E-state index is -3.54. The van der Waals surface area contributed by atoms with Crippen LogP contribution < -0.4 is 5.32 Å². The molecule has 2 aromatic rings. The average molecular weight is 433 g/mol. The van der Waals surface area contributed by atoms with Crippen LogP contribution in [0.3, 0.4) is 0 Å². The molecule has 0 radical (unpaired) electrons. The molecule has 1 aliphatic heterocycles. The smallest absolute Gasteiger partial charge is 0.246 e. The Morgan fingerprint density at radius 3 is 2.47 bits per heavy atom. The molecule has 1 aromatic heterocycles. The van der Waals surface area contributed by atoms with Crippen LogP contribution in [0.2, 0.25) is 0 Å². The van der Waals surface area contributed by atoms with Crippen LogP contribution in [0.4, 0.5) is 0 Å². The summed E-state index contributed by atoms with van der Waals surface area (Å²) in [5.74, 6) is 0.163. The van der Waals surface area contributed by atoms with Gasteiger partial charge in [0.2, 0.25) is 15.9 Å². The largest absolute Gasteiger partial charge is 0.355 e. The summed E-state index contributed by atoms with van der Waals surface area (Å²) < 4.78 is 29.4. The van der Waals surface area contributed by atoms with Crippen LogP contribution in [0.25, 0.3) is 0 Å². The van der Waals surface area contributed by atoms with E-state index in [-0.39, 0.29) is 18.2 Å². The molecule has 1 saturated heterocycles. The topological polar surface area (TPSA) is 84.3 Å². The fourth-order valence-corrected chi connectivity index (χ4v) is 5.86. The second-order valence-corrected chi connectivity index (χ2v) is 9.93. The number of nitrogens with zero attached hydrogens (tertiary/aromatic N) is 3. The lowest BCUT2D eigenvalue weighted by Gasteiger charge is -2.26. The molecule has 1 aliphatic rings. The molecule has 1 aromatic carbocycles. The van der Waals surface area contributed by atoms with Crippen LogP contribution in [0.15, 0.2) is 35.2 Å². The molecule has 8 heteroatoms. The van der Waals surface area contributed by atoms with E-state index in [0.29, 0.717) is 42.5 Å². The first-order valence-electron chi connectivity index (χ1n) is 10.7. The summed E-state index contributed by atoms with van der Waals surface area (Å²) in [5, 5.41) is 7.38. The third kappa shape index (κ3) is 5.10. The van der Waals surface area contributed by atoms with Crippen molar-refractivity contribution in [2.75, 3.05) is 19.6 Å². The summed E-state index contributed by atoms with van der Waals surface area (Å²) in [7, 11) is -3.54. The third-order valence-corrected chi connectivity index (χ3v) is 7.90. The second kappa shape index (κ2) is 9.75. The maximum atomic E-state index is 13.1. The summed E-state index contributed by atoms with van der Waals surface area (Å²) >= 11 is 0. The molecule has 7 nitrogen and oxygen atoms in total. The average Bonchev–Trinajstić information content (AvgIpc) is 3.05. The molecule has 0 aliphatic carbocycles. The van der Waals surface area contributed by atoms with Crippen LogP contribution in [0.1, 0.15) is 55.5 Å². The van der Waals surface area contributed by atoms with E-state index in [1.165, 1.54) is 5.56 Å². The molecular weight excluding hydrogens is 400 g/mol. The van der Waals surface area contributed by atoms with E-state index >= 15 is 0 Å². The fourth-order valence-electron chi connectivity index (χ4n) is 3.97. The van der Waals surface area contributed by atoms with Crippen molar-refractivity contribution in [2.45, 2.75) is 63.8 Å². The monoisotopic (exact) mass is 432 g/mol. The van der Waals surface area contributed by atoms with Crippen molar-refractivity contribution >= 4 is 15.9 Å². The van der Waals surface area contributed by atoms with E-state index in [0.717, 1.165) is 19.3 Å². The molecule has 1 amide bonds. The second-order valence-electron chi connectivity index (χ2n) is 8.05. The highest BCUT2D eigenvalue weighted by atomic mass is 32.2. The number of benzene rings is 1. The standard InChI is InChI=1S/C22H32N4O3S/c1-17(20-10-6-4-7-11-20)16-23-21(27)12-15-26-19(3)22(18(2)24-26)30(28,29)25-13-8-5-9-14-25/h4,6-7,10-11,17H,5,8-9,12-16H2,1-3H3,(H,23,27)/t17-/m0/s1. The normalized spacial score (nSPS) is 16.4. The van der Waals surface area contributed by atoms with Crippen molar-refractivity contribution in [1.82, 2.24) is 19.4 Å². The molecule has 30 heavy (non-hydrogen) atoms. The Kier molecular flexibility index (Phi) is 7.31. The molecule has 2 heterocycles. The van der Waals surface area contributed by atoms with Crippen LogP contribution in [0, 0.1) is 13.8 Å². The van der Waals surface area contributed by atoms with Gasteiger partial charge in [0.15, 0.2) is 0 Å². The zero-order chi connectivity index (χ0) is 21.7. The lowest BCUT2D eigenvalue weighted by atomic mass is 10.0. The number of sulfonamides is 1. The first kappa shape index (κ1) is 22.5. The van der Waals surface area contributed by atoms with Gasteiger partial charge in [0, 0.05) is 26.1 Å². The molecule has 3 rings (SSSR count). The van der Waals surface area contributed by atoms with Crippen molar-refractivity contribution in [3.05, 3.63) is 47.3 Å².